The molecule has 1 heterocycles. The standard InChI is InChI=1S/C17H18F2N2/c1-17(2)10-14-9-13(5-8-16(14)20-11-17)12-3-6-15(7-4-12)21(18)19/h3-9,20H,10-11H2,1-2H3. The van der Waals surface area contributed by atoms with Crippen LogP contribution in [0.15, 0.2) is 42.5 Å². The molecule has 1 aliphatic heterocycles. The Morgan fingerprint density at radius 3 is 2.33 bits per heavy atom. The Labute approximate surface area is 123 Å². The van der Waals surface area contributed by atoms with Crippen molar-refractivity contribution in [3.8, 4) is 11.1 Å². The molecule has 21 heavy (non-hydrogen) atoms. The van der Waals surface area contributed by atoms with E-state index < -0.39 is 5.34 Å². The van der Waals surface area contributed by atoms with Crippen LogP contribution >= 0.6 is 0 Å². The summed E-state index contributed by atoms with van der Waals surface area (Å²) in [6.45, 7) is 5.44. The maximum Gasteiger partial charge on any atom is 0.105 e. The van der Waals surface area contributed by atoms with E-state index in [-0.39, 0.29) is 11.1 Å². The summed E-state index contributed by atoms with van der Waals surface area (Å²) < 4.78 is 24.9. The van der Waals surface area contributed by atoms with Gasteiger partial charge in [-0.15, -0.1) is 0 Å². The Kier molecular flexibility index (Phi) is 3.32. The van der Waals surface area contributed by atoms with Gasteiger partial charge in [0.05, 0.1) is 0 Å². The summed E-state index contributed by atoms with van der Waals surface area (Å²) in [4.78, 5) is 0. The number of anilines is 2. The second-order valence-corrected chi connectivity index (χ2v) is 6.35. The SMILES string of the molecule is CC1(C)CNc2ccc(-c3ccc(N(F)F)cc3)cc2C1. The molecule has 0 unspecified atom stereocenters. The Morgan fingerprint density at radius 1 is 1.00 bits per heavy atom. The molecule has 1 aliphatic rings. The molecule has 2 aromatic rings. The number of benzene rings is 2. The van der Waals surface area contributed by atoms with E-state index in [0.29, 0.717) is 0 Å². The molecule has 0 aliphatic carbocycles. The predicted molar refractivity (Wildman–Crippen MR) is 82.5 cm³/mol. The average Bonchev–Trinajstić information content (AvgIpc) is 2.45. The van der Waals surface area contributed by atoms with Gasteiger partial charge < -0.3 is 5.32 Å². The molecule has 0 fully saturated rings. The number of nitrogens with zero attached hydrogens (tertiary/aromatic N) is 1. The lowest BCUT2D eigenvalue weighted by molar-refractivity contribution is 0.235. The summed E-state index contributed by atoms with van der Waals surface area (Å²) in [5.74, 6) is 0. The molecule has 3 rings (SSSR count). The van der Waals surface area contributed by atoms with Gasteiger partial charge >= 0.3 is 0 Å². The maximum atomic E-state index is 12.4. The first kappa shape index (κ1) is 13.9. The summed E-state index contributed by atoms with van der Waals surface area (Å²) in [6, 6.07) is 12.6. The maximum absolute atomic E-state index is 12.4. The zero-order valence-corrected chi connectivity index (χ0v) is 12.2. The van der Waals surface area contributed by atoms with Gasteiger partial charge in [-0.25, -0.2) is 0 Å². The highest BCUT2D eigenvalue weighted by molar-refractivity contribution is 5.70. The normalized spacial score (nSPS) is 16.0. The summed E-state index contributed by atoms with van der Waals surface area (Å²) in [6.07, 6.45) is 1.02. The van der Waals surface area contributed by atoms with Gasteiger partial charge in [-0.05, 0) is 58.1 Å². The second-order valence-electron chi connectivity index (χ2n) is 6.35. The van der Waals surface area contributed by atoms with Crippen molar-refractivity contribution in [1.82, 2.24) is 0 Å². The third-order valence-corrected chi connectivity index (χ3v) is 3.93. The number of nitrogens with one attached hydrogen (secondary N) is 1. The van der Waals surface area contributed by atoms with Crippen LogP contribution in [-0.2, 0) is 6.42 Å². The predicted octanol–water partition coefficient (Wildman–Crippen LogP) is 4.92. The minimum Gasteiger partial charge on any atom is -0.384 e. The lowest BCUT2D eigenvalue weighted by atomic mass is 9.81. The van der Waals surface area contributed by atoms with Crippen molar-refractivity contribution in [1.29, 1.82) is 0 Å². The van der Waals surface area contributed by atoms with Crippen LogP contribution < -0.4 is 10.7 Å². The van der Waals surface area contributed by atoms with Crippen LogP contribution in [0.5, 0.6) is 0 Å². The summed E-state index contributed by atoms with van der Waals surface area (Å²) in [5, 5.41) is 2.58. The molecule has 0 bridgehead atoms. The average molecular weight is 288 g/mol. The zero-order valence-electron chi connectivity index (χ0n) is 12.2. The lowest BCUT2D eigenvalue weighted by Crippen LogP contribution is -2.30. The van der Waals surface area contributed by atoms with Crippen LogP contribution in [0.2, 0.25) is 0 Å². The van der Waals surface area contributed by atoms with Crippen molar-refractivity contribution < 1.29 is 8.96 Å². The quantitative estimate of drug-likeness (QED) is 0.789. The van der Waals surface area contributed by atoms with Crippen LogP contribution in [-0.4, -0.2) is 6.54 Å². The molecule has 0 saturated heterocycles. The van der Waals surface area contributed by atoms with E-state index in [1.54, 1.807) is 12.1 Å². The fraction of sp³-hybridized carbons (Fsp3) is 0.294. The summed E-state index contributed by atoms with van der Waals surface area (Å²) in [5.41, 5.74) is 4.60. The lowest BCUT2D eigenvalue weighted by Gasteiger charge is -2.32. The van der Waals surface area contributed by atoms with Gasteiger partial charge in [-0.2, -0.15) is 0 Å². The molecular formula is C17H18F2N2. The number of hydrogen-bond donors (Lipinski definition) is 1. The molecule has 0 radical (unpaired) electrons. The molecule has 0 atom stereocenters. The van der Waals surface area contributed by atoms with Gasteiger partial charge in [0.1, 0.15) is 5.69 Å². The monoisotopic (exact) mass is 288 g/mol. The first-order valence-corrected chi connectivity index (χ1v) is 7.04. The molecular weight excluding hydrogens is 270 g/mol. The molecule has 4 heteroatoms. The topological polar surface area (TPSA) is 15.3 Å². The summed E-state index contributed by atoms with van der Waals surface area (Å²) in [7, 11) is 0. The molecule has 110 valence electrons. The van der Waals surface area contributed by atoms with Gasteiger partial charge in [0, 0.05) is 12.2 Å². The van der Waals surface area contributed by atoms with Crippen LogP contribution in [0.3, 0.4) is 0 Å². The molecule has 0 saturated carbocycles. The van der Waals surface area contributed by atoms with Gasteiger partial charge in [0.15, 0.2) is 0 Å². The molecule has 2 aromatic carbocycles. The van der Waals surface area contributed by atoms with Crippen molar-refractivity contribution in [3.63, 3.8) is 0 Å². The number of fused-ring (bicyclic) bond motifs is 1. The van der Waals surface area contributed by atoms with Crippen molar-refractivity contribution in [3.05, 3.63) is 48.0 Å². The minimum absolute atomic E-state index is 0.0977. The molecule has 2 nitrogen and oxygen atoms in total. The Balaban J connectivity index is 1.93. The van der Waals surface area contributed by atoms with Crippen molar-refractivity contribution in [2.75, 3.05) is 17.2 Å². The Hall–Kier alpha value is -2.10. The van der Waals surface area contributed by atoms with E-state index in [9.17, 15) is 8.96 Å². The van der Waals surface area contributed by atoms with Crippen LogP contribution in [0.4, 0.5) is 20.3 Å². The van der Waals surface area contributed by atoms with Crippen LogP contribution in [0.1, 0.15) is 19.4 Å². The Morgan fingerprint density at radius 2 is 1.67 bits per heavy atom. The van der Waals surface area contributed by atoms with Gasteiger partial charge in [-0.1, -0.05) is 41.0 Å². The van der Waals surface area contributed by atoms with Crippen LogP contribution in [0, 0.1) is 5.41 Å². The molecule has 0 spiro atoms. The largest absolute Gasteiger partial charge is 0.384 e. The van der Waals surface area contributed by atoms with Crippen molar-refractivity contribution in [2.45, 2.75) is 20.3 Å². The fourth-order valence-corrected chi connectivity index (χ4v) is 2.77. The second kappa shape index (κ2) is 5.02. The number of hydrogen-bond acceptors (Lipinski definition) is 2. The van der Waals surface area contributed by atoms with E-state index >= 15 is 0 Å². The van der Waals surface area contributed by atoms with E-state index in [4.69, 9.17) is 0 Å². The zero-order chi connectivity index (χ0) is 15.0. The van der Waals surface area contributed by atoms with Crippen molar-refractivity contribution in [2.24, 2.45) is 5.41 Å². The molecule has 0 amide bonds. The summed E-state index contributed by atoms with van der Waals surface area (Å²) >= 11 is 0. The highest BCUT2D eigenvalue weighted by atomic mass is 19.4. The first-order valence-electron chi connectivity index (χ1n) is 7.04. The first-order chi connectivity index (χ1) is 9.94. The van der Waals surface area contributed by atoms with E-state index in [2.05, 4.69) is 31.3 Å². The third kappa shape index (κ3) is 2.84. The number of halogens is 2. The van der Waals surface area contributed by atoms with Crippen LogP contribution in [0.25, 0.3) is 11.1 Å². The number of rotatable bonds is 2. The highest BCUT2D eigenvalue weighted by Crippen LogP contribution is 2.35. The molecule has 1 N–H and O–H groups in total. The highest BCUT2D eigenvalue weighted by Gasteiger charge is 2.24. The van der Waals surface area contributed by atoms with E-state index in [0.717, 1.165) is 24.1 Å². The fourth-order valence-electron chi connectivity index (χ4n) is 2.77. The molecule has 0 aromatic heterocycles. The third-order valence-electron chi connectivity index (χ3n) is 3.93. The Bertz CT molecular complexity index is 648. The smallest absolute Gasteiger partial charge is 0.105 e. The van der Waals surface area contributed by atoms with E-state index in [1.165, 1.54) is 23.4 Å². The van der Waals surface area contributed by atoms with Gasteiger partial charge in [0.25, 0.3) is 0 Å². The van der Waals surface area contributed by atoms with Gasteiger partial charge in [-0.3, -0.25) is 0 Å². The van der Waals surface area contributed by atoms with Gasteiger partial charge in [0.2, 0.25) is 0 Å². The van der Waals surface area contributed by atoms with E-state index in [1.807, 2.05) is 6.07 Å². The minimum atomic E-state index is -0.872. The van der Waals surface area contributed by atoms with Crippen molar-refractivity contribution >= 4 is 11.4 Å².